The Morgan fingerprint density at radius 2 is 1.62 bits per heavy atom. The molecule has 2 aromatic carbocycles. The zero-order valence-electron chi connectivity index (χ0n) is 14.8. The summed E-state index contributed by atoms with van der Waals surface area (Å²) in [6.07, 6.45) is 0. The van der Waals surface area contributed by atoms with E-state index in [0.29, 0.717) is 16.6 Å². The molecule has 1 N–H and O–H groups in total. The van der Waals surface area contributed by atoms with Crippen LogP contribution in [0.3, 0.4) is 0 Å². The highest BCUT2D eigenvalue weighted by atomic mass is 16.5. The molecular weight excluding hydrogens is 330 g/mol. The van der Waals surface area contributed by atoms with Crippen molar-refractivity contribution in [2.75, 3.05) is 7.11 Å². The van der Waals surface area contributed by atoms with Crippen molar-refractivity contribution in [3.8, 4) is 0 Å². The SMILES string of the molecule is COC(=O)C(NC(=O)c1ccc2nc(C)c(C)nc2c1)c1ccccc1. The fourth-order valence-corrected chi connectivity index (χ4v) is 2.63. The molecule has 3 rings (SSSR count). The zero-order chi connectivity index (χ0) is 18.7. The molecule has 0 aliphatic carbocycles. The highest BCUT2D eigenvalue weighted by Gasteiger charge is 2.24. The van der Waals surface area contributed by atoms with Crippen LogP contribution < -0.4 is 5.32 Å². The summed E-state index contributed by atoms with van der Waals surface area (Å²) < 4.78 is 4.83. The fourth-order valence-electron chi connectivity index (χ4n) is 2.63. The minimum Gasteiger partial charge on any atom is -0.467 e. The molecule has 0 saturated heterocycles. The van der Waals surface area contributed by atoms with E-state index in [1.165, 1.54) is 7.11 Å². The fraction of sp³-hybridized carbons (Fsp3) is 0.200. The topological polar surface area (TPSA) is 81.2 Å². The van der Waals surface area contributed by atoms with Crippen LogP contribution in [0, 0.1) is 13.8 Å². The molecule has 0 aliphatic rings. The molecule has 0 radical (unpaired) electrons. The lowest BCUT2D eigenvalue weighted by atomic mass is 10.1. The molecule has 1 aromatic heterocycles. The maximum Gasteiger partial charge on any atom is 0.333 e. The van der Waals surface area contributed by atoms with Crippen LogP contribution in [0.2, 0.25) is 0 Å². The number of hydrogen-bond donors (Lipinski definition) is 1. The lowest BCUT2D eigenvalue weighted by Crippen LogP contribution is -2.34. The van der Waals surface area contributed by atoms with E-state index < -0.39 is 12.0 Å². The average molecular weight is 349 g/mol. The third kappa shape index (κ3) is 3.54. The second-order valence-electron chi connectivity index (χ2n) is 5.94. The van der Waals surface area contributed by atoms with Gasteiger partial charge in [0.05, 0.1) is 29.5 Å². The highest BCUT2D eigenvalue weighted by molar-refractivity contribution is 5.99. The quantitative estimate of drug-likeness (QED) is 0.733. The molecule has 1 amide bonds. The second kappa shape index (κ2) is 7.31. The molecule has 0 saturated carbocycles. The van der Waals surface area contributed by atoms with Crippen LogP contribution in [-0.2, 0) is 9.53 Å². The summed E-state index contributed by atoms with van der Waals surface area (Å²) in [4.78, 5) is 33.7. The standard InChI is InChI=1S/C20H19N3O3/c1-12-13(2)22-17-11-15(9-10-16(17)21-12)19(24)23-18(20(25)26-3)14-7-5-4-6-8-14/h4-11,18H,1-3H3,(H,23,24). The van der Waals surface area contributed by atoms with E-state index in [4.69, 9.17) is 4.74 Å². The van der Waals surface area contributed by atoms with Crippen LogP contribution in [-0.4, -0.2) is 29.0 Å². The molecule has 132 valence electrons. The van der Waals surface area contributed by atoms with E-state index in [1.54, 1.807) is 42.5 Å². The van der Waals surface area contributed by atoms with Gasteiger partial charge in [0.1, 0.15) is 0 Å². The van der Waals surface area contributed by atoms with Gasteiger partial charge in [-0.15, -0.1) is 0 Å². The third-order valence-corrected chi connectivity index (χ3v) is 4.18. The smallest absolute Gasteiger partial charge is 0.333 e. The van der Waals surface area contributed by atoms with Crippen molar-refractivity contribution in [2.45, 2.75) is 19.9 Å². The molecule has 0 fully saturated rings. The van der Waals surface area contributed by atoms with Crippen molar-refractivity contribution in [1.82, 2.24) is 15.3 Å². The number of carbonyl (C=O) groups is 2. The van der Waals surface area contributed by atoms with Crippen LogP contribution in [0.25, 0.3) is 11.0 Å². The van der Waals surface area contributed by atoms with Gasteiger partial charge in [-0.3, -0.25) is 4.79 Å². The summed E-state index contributed by atoms with van der Waals surface area (Å²) in [5.41, 5.74) is 4.07. The number of amides is 1. The Labute approximate surface area is 151 Å². The highest BCUT2D eigenvalue weighted by Crippen LogP contribution is 2.18. The number of carbonyl (C=O) groups excluding carboxylic acids is 2. The number of aromatic nitrogens is 2. The Bertz CT molecular complexity index is 971. The summed E-state index contributed by atoms with van der Waals surface area (Å²) in [5.74, 6) is -0.914. The minimum absolute atomic E-state index is 0.383. The molecule has 6 nitrogen and oxygen atoms in total. The Morgan fingerprint density at radius 3 is 2.27 bits per heavy atom. The molecule has 6 heteroatoms. The third-order valence-electron chi connectivity index (χ3n) is 4.18. The van der Waals surface area contributed by atoms with E-state index in [-0.39, 0.29) is 5.91 Å². The monoisotopic (exact) mass is 349 g/mol. The molecule has 0 aliphatic heterocycles. The number of methoxy groups -OCH3 is 1. The van der Waals surface area contributed by atoms with Crippen molar-refractivity contribution in [2.24, 2.45) is 0 Å². The van der Waals surface area contributed by atoms with Gasteiger partial charge in [0.2, 0.25) is 0 Å². The summed E-state index contributed by atoms with van der Waals surface area (Å²) in [5, 5.41) is 2.73. The van der Waals surface area contributed by atoms with Gasteiger partial charge in [0.15, 0.2) is 6.04 Å². The number of esters is 1. The van der Waals surface area contributed by atoms with E-state index in [2.05, 4.69) is 15.3 Å². The predicted octanol–water partition coefficient (Wildman–Crippen LogP) is 2.89. The van der Waals surface area contributed by atoms with Crippen molar-refractivity contribution in [3.05, 3.63) is 71.0 Å². The van der Waals surface area contributed by atoms with Gasteiger partial charge >= 0.3 is 5.97 Å². The van der Waals surface area contributed by atoms with Crippen molar-refractivity contribution in [1.29, 1.82) is 0 Å². The van der Waals surface area contributed by atoms with Gasteiger partial charge in [-0.1, -0.05) is 30.3 Å². The number of nitrogens with one attached hydrogen (secondary N) is 1. The molecule has 1 atom stereocenters. The van der Waals surface area contributed by atoms with Crippen molar-refractivity contribution < 1.29 is 14.3 Å². The van der Waals surface area contributed by atoms with Crippen LogP contribution in [0.4, 0.5) is 0 Å². The summed E-state index contributed by atoms with van der Waals surface area (Å²) in [7, 11) is 1.29. The Morgan fingerprint density at radius 1 is 0.962 bits per heavy atom. The van der Waals surface area contributed by atoms with Crippen LogP contribution in [0.1, 0.15) is 33.4 Å². The number of nitrogens with zero attached hydrogens (tertiary/aromatic N) is 2. The van der Waals surface area contributed by atoms with E-state index in [1.807, 2.05) is 19.9 Å². The van der Waals surface area contributed by atoms with E-state index in [0.717, 1.165) is 16.9 Å². The zero-order valence-corrected chi connectivity index (χ0v) is 14.8. The first-order valence-electron chi connectivity index (χ1n) is 8.18. The Kier molecular flexibility index (Phi) is 4.93. The van der Waals surface area contributed by atoms with Gasteiger partial charge < -0.3 is 10.1 Å². The van der Waals surface area contributed by atoms with Gasteiger partial charge in [-0.05, 0) is 37.6 Å². The average Bonchev–Trinajstić information content (AvgIpc) is 2.66. The van der Waals surface area contributed by atoms with Gasteiger partial charge in [0, 0.05) is 5.56 Å². The number of aryl methyl sites for hydroxylation is 2. The largest absolute Gasteiger partial charge is 0.467 e. The maximum absolute atomic E-state index is 12.7. The Hall–Kier alpha value is -3.28. The number of ether oxygens (including phenoxy) is 1. The second-order valence-corrected chi connectivity index (χ2v) is 5.94. The molecule has 26 heavy (non-hydrogen) atoms. The van der Waals surface area contributed by atoms with Crippen LogP contribution in [0.5, 0.6) is 0 Å². The lowest BCUT2D eigenvalue weighted by molar-refractivity contribution is -0.143. The number of hydrogen-bond acceptors (Lipinski definition) is 5. The summed E-state index contributed by atoms with van der Waals surface area (Å²) >= 11 is 0. The van der Waals surface area contributed by atoms with Crippen LogP contribution >= 0.6 is 0 Å². The number of fused-ring (bicyclic) bond motifs is 1. The van der Waals surface area contributed by atoms with E-state index >= 15 is 0 Å². The first kappa shape index (κ1) is 17.5. The maximum atomic E-state index is 12.7. The molecular formula is C20H19N3O3. The lowest BCUT2D eigenvalue weighted by Gasteiger charge is -2.17. The molecule has 0 bridgehead atoms. The van der Waals surface area contributed by atoms with Gasteiger partial charge in [-0.25, -0.2) is 14.8 Å². The normalized spacial score (nSPS) is 11.8. The van der Waals surface area contributed by atoms with Gasteiger partial charge in [0.25, 0.3) is 5.91 Å². The minimum atomic E-state index is -0.879. The first-order valence-corrected chi connectivity index (χ1v) is 8.18. The predicted molar refractivity (Wildman–Crippen MR) is 97.7 cm³/mol. The summed E-state index contributed by atoms with van der Waals surface area (Å²) in [6.45, 7) is 3.76. The number of benzene rings is 2. The van der Waals surface area contributed by atoms with Gasteiger partial charge in [-0.2, -0.15) is 0 Å². The van der Waals surface area contributed by atoms with E-state index in [9.17, 15) is 9.59 Å². The molecule has 0 spiro atoms. The first-order chi connectivity index (χ1) is 12.5. The van der Waals surface area contributed by atoms with Crippen LogP contribution in [0.15, 0.2) is 48.5 Å². The summed E-state index contributed by atoms with van der Waals surface area (Å²) in [6, 6.07) is 13.2. The molecule has 1 unspecified atom stereocenters. The van der Waals surface area contributed by atoms with Crippen molar-refractivity contribution in [3.63, 3.8) is 0 Å². The Balaban J connectivity index is 1.91. The molecule has 1 heterocycles. The number of rotatable bonds is 4. The van der Waals surface area contributed by atoms with Crippen molar-refractivity contribution >= 4 is 22.9 Å². The molecule has 3 aromatic rings.